The zero-order valence-electron chi connectivity index (χ0n) is 10.4. The van der Waals surface area contributed by atoms with Gasteiger partial charge in [0.2, 0.25) is 5.91 Å². The lowest BCUT2D eigenvalue weighted by molar-refractivity contribution is -0.129. The molecule has 0 aliphatic heterocycles. The number of carbonyl (C=O) groups excluding carboxylic acids is 1. The highest BCUT2D eigenvalue weighted by Gasteiger charge is 2.09. The third-order valence-electron chi connectivity index (χ3n) is 2.46. The van der Waals surface area contributed by atoms with Gasteiger partial charge in [-0.15, -0.1) is 0 Å². The molecular weight excluding hydrogens is 318 g/mol. The van der Waals surface area contributed by atoms with Crippen molar-refractivity contribution in [2.75, 3.05) is 32.1 Å². The van der Waals surface area contributed by atoms with E-state index in [1.54, 1.807) is 18.0 Å². The zero-order chi connectivity index (χ0) is 13.4. The van der Waals surface area contributed by atoms with Crippen LogP contribution in [0, 0.1) is 0 Å². The minimum atomic E-state index is 0.0692. The summed E-state index contributed by atoms with van der Waals surface area (Å²) in [5.41, 5.74) is 0.931. The van der Waals surface area contributed by atoms with Crippen LogP contribution in [0.2, 0.25) is 5.02 Å². The summed E-state index contributed by atoms with van der Waals surface area (Å²) in [6.45, 7) is 1.83. The first-order valence-corrected chi connectivity index (χ1v) is 7.25. The van der Waals surface area contributed by atoms with Gasteiger partial charge in [-0.25, -0.2) is 0 Å². The second-order valence-electron chi connectivity index (χ2n) is 3.92. The highest BCUT2D eigenvalue weighted by atomic mass is 79.9. The van der Waals surface area contributed by atoms with Gasteiger partial charge in [0.1, 0.15) is 0 Å². The largest absolute Gasteiger partial charge is 0.379 e. The quantitative estimate of drug-likeness (QED) is 0.567. The van der Waals surface area contributed by atoms with Gasteiger partial charge in [-0.2, -0.15) is 0 Å². The molecule has 0 aromatic heterocycles. The van der Waals surface area contributed by atoms with Crippen LogP contribution in [0.5, 0.6) is 0 Å². The van der Waals surface area contributed by atoms with Crippen molar-refractivity contribution in [1.82, 2.24) is 4.90 Å². The summed E-state index contributed by atoms with van der Waals surface area (Å²) >= 11 is 9.16. The minimum Gasteiger partial charge on any atom is -0.379 e. The molecular formula is C13H17BrClNO2. The van der Waals surface area contributed by atoms with Gasteiger partial charge in [0.25, 0.3) is 0 Å². The fourth-order valence-corrected chi connectivity index (χ4v) is 1.88. The van der Waals surface area contributed by atoms with Gasteiger partial charge in [-0.3, -0.25) is 4.79 Å². The normalized spacial score (nSPS) is 10.4. The average Bonchev–Trinajstić information content (AvgIpc) is 2.34. The number of hydrogen-bond acceptors (Lipinski definition) is 2. The van der Waals surface area contributed by atoms with Crippen LogP contribution in [0.3, 0.4) is 0 Å². The Bertz CT molecular complexity index is 387. The van der Waals surface area contributed by atoms with Crippen molar-refractivity contribution < 1.29 is 9.53 Å². The van der Waals surface area contributed by atoms with E-state index < -0.39 is 0 Å². The molecule has 0 radical (unpaired) electrons. The molecule has 0 unspecified atom stereocenters. The average molecular weight is 335 g/mol. The Hall–Kier alpha value is -0.580. The van der Waals surface area contributed by atoms with Crippen molar-refractivity contribution >= 4 is 33.4 Å². The molecule has 0 atom stereocenters. The number of alkyl halides is 1. The Labute approximate surface area is 121 Å². The molecule has 0 N–H and O–H groups in total. The van der Waals surface area contributed by atoms with Crippen LogP contribution in [0.1, 0.15) is 5.56 Å². The fourth-order valence-electron chi connectivity index (χ4n) is 1.44. The van der Waals surface area contributed by atoms with E-state index in [0.29, 0.717) is 31.2 Å². The Balaban J connectivity index is 2.35. The SMILES string of the molecule is CN(CCOCCBr)C(=O)Cc1cccc(Cl)c1. The molecule has 5 heteroatoms. The molecule has 0 spiro atoms. The summed E-state index contributed by atoms with van der Waals surface area (Å²) in [7, 11) is 1.78. The van der Waals surface area contributed by atoms with Gasteiger partial charge in [0, 0.05) is 23.9 Å². The van der Waals surface area contributed by atoms with Gasteiger partial charge in [0.05, 0.1) is 19.6 Å². The minimum absolute atomic E-state index is 0.0692. The Kier molecular flexibility index (Phi) is 7.32. The molecule has 100 valence electrons. The van der Waals surface area contributed by atoms with Crippen LogP contribution in [-0.2, 0) is 16.0 Å². The fraction of sp³-hybridized carbons (Fsp3) is 0.462. The highest BCUT2D eigenvalue weighted by Crippen LogP contribution is 2.11. The summed E-state index contributed by atoms with van der Waals surface area (Å²) in [5, 5.41) is 1.47. The van der Waals surface area contributed by atoms with Gasteiger partial charge < -0.3 is 9.64 Å². The van der Waals surface area contributed by atoms with Gasteiger partial charge in [-0.05, 0) is 17.7 Å². The van der Waals surface area contributed by atoms with E-state index in [9.17, 15) is 4.79 Å². The molecule has 0 saturated heterocycles. The molecule has 1 aromatic rings. The van der Waals surface area contributed by atoms with E-state index in [1.807, 2.05) is 18.2 Å². The summed E-state index contributed by atoms with van der Waals surface area (Å²) in [6.07, 6.45) is 0.371. The summed E-state index contributed by atoms with van der Waals surface area (Å²) in [4.78, 5) is 13.6. The lowest BCUT2D eigenvalue weighted by Gasteiger charge is -2.17. The van der Waals surface area contributed by atoms with Crippen molar-refractivity contribution in [3.8, 4) is 0 Å². The molecule has 0 aliphatic carbocycles. The number of nitrogens with zero attached hydrogens (tertiary/aromatic N) is 1. The lowest BCUT2D eigenvalue weighted by atomic mass is 10.1. The Morgan fingerprint density at radius 1 is 1.44 bits per heavy atom. The monoisotopic (exact) mass is 333 g/mol. The van der Waals surface area contributed by atoms with Gasteiger partial charge in [0.15, 0.2) is 0 Å². The first-order valence-electron chi connectivity index (χ1n) is 5.75. The number of amides is 1. The van der Waals surface area contributed by atoms with E-state index in [2.05, 4.69) is 15.9 Å². The smallest absolute Gasteiger partial charge is 0.226 e. The number of carbonyl (C=O) groups is 1. The Morgan fingerprint density at radius 3 is 2.89 bits per heavy atom. The summed E-state index contributed by atoms with van der Waals surface area (Å²) < 4.78 is 5.31. The lowest BCUT2D eigenvalue weighted by Crippen LogP contribution is -2.31. The second-order valence-corrected chi connectivity index (χ2v) is 5.15. The zero-order valence-corrected chi connectivity index (χ0v) is 12.7. The van der Waals surface area contributed by atoms with E-state index in [0.717, 1.165) is 10.9 Å². The van der Waals surface area contributed by atoms with Crippen molar-refractivity contribution in [1.29, 1.82) is 0 Å². The van der Waals surface area contributed by atoms with Crippen LogP contribution >= 0.6 is 27.5 Å². The van der Waals surface area contributed by atoms with E-state index in [4.69, 9.17) is 16.3 Å². The van der Waals surface area contributed by atoms with Gasteiger partial charge in [-0.1, -0.05) is 39.7 Å². The number of likely N-dealkylation sites (N-methyl/N-ethyl adjacent to an activating group) is 1. The topological polar surface area (TPSA) is 29.5 Å². The highest BCUT2D eigenvalue weighted by molar-refractivity contribution is 9.09. The van der Waals surface area contributed by atoms with Crippen molar-refractivity contribution in [2.45, 2.75) is 6.42 Å². The van der Waals surface area contributed by atoms with Gasteiger partial charge >= 0.3 is 0 Å². The van der Waals surface area contributed by atoms with Crippen LogP contribution in [0.15, 0.2) is 24.3 Å². The number of rotatable bonds is 7. The number of ether oxygens (including phenoxy) is 1. The standard InChI is InChI=1S/C13H17BrClNO2/c1-16(6-8-18-7-5-14)13(17)10-11-3-2-4-12(15)9-11/h2-4,9H,5-8,10H2,1H3. The Morgan fingerprint density at radius 2 is 2.22 bits per heavy atom. The van der Waals surface area contributed by atoms with E-state index in [1.165, 1.54) is 0 Å². The van der Waals surface area contributed by atoms with E-state index in [-0.39, 0.29) is 5.91 Å². The predicted octanol–water partition coefficient (Wildman–Crippen LogP) is 2.75. The molecule has 3 nitrogen and oxygen atoms in total. The van der Waals surface area contributed by atoms with Crippen LogP contribution < -0.4 is 0 Å². The first-order chi connectivity index (χ1) is 8.63. The molecule has 0 fully saturated rings. The number of benzene rings is 1. The van der Waals surface area contributed by atoms with Crippen LogP contribution in [0.25, 0.3) is 0 Å². The van der Waals surface area contributed by atoms with Crippen LogP contribution in [0.4, 0.5) is 0 Å². The maximum absolute atomic E-state index is 11.9. The molecule has 0 bridgehead atoms. The summed E-state index contributed by atoms with van der Waals surface area (Å²) in [6, 6.07) is 7.37. The summed E-state index contributed by atoms with van der Waals surface area (Å²) in [5.74, 6) is 0.0692. The third-order valence-corrected chi connectivity index (χ3v) is 3.02. The number of halogens is 2. The van der Waals surface area contributed by atoms with Crippen molar-refractivity contribution in [3.05, 3.63) is 34.9 Å². The molecule has 0 heterocycles. The molecule has 1 rings (SSSR count). The molecule has 1 aromatic carbocycles. The second kappa shape index (κ2) is 8.51. The maximum Gasteiger partial charge on any atom is 0.226 e. The third kappa shape index (κ3) is 5.85. The molecule has 1 amide bonds. The number of hydrogen-bond donors (Lipinski definition) is 0. The maximum atomic E-state index is 11.9. The predicted molar refractivity (Wildman–Crippen MR) is 77.4 cm³/mol. The first kappa shape index (κ1) is 15.5. The van der Waals surface area contributed by atoms with Crippen molar-refractivity contribution in [2.24, 2.45) is 0 Å². The molecule has 18 heavy (non-hydrogen) atoms. The molecule has 0 saturated carbocycles. The molecule has 0 aliphatic rings. The van der Waals surface area contributed by atoms with Crippen molar-refractivity contribution in [3.63, 3.8) is 0 Å². The van der Waals surface area contributed by atoms with E-state index >= 15 is 0 Å². The van der Waals surface area contributed by atoms with Crippen LogP contribution in [-0.4, -0.2) is 42.9 Å².